The van der Waals surface area contributed by atoms with Crippen molar-refractivity contribution < 1.29 is 4.74 Å². The van der Waals surface area contributed by atoms with Crippen LogP contribution in [0.15, 0.2) is 54.9 Å². The van der Waals surface area contributed by atoms with Gasteiger partial charge in [0.05, 0.1) is 7.11 Å². The highest BCUT2D eigenvalue weighted by molar-refractivity contribution is 6.31. The molecule has 128 valence electrons. The molecular weight excluding hydrogens is 338 g/mol. The molecule has 7 heteroatoms. The molecule has 4 N–H and O–H groups in total. The van der Waals surface area contributed by atoms with Gasteiger partial charge >= 0.3 is 0 Å². The standard InChI is InChI=1S/C18H18ClN5O/c1-25-14-8-6-13(7-9-14)24-18-16(20)17(22-11-23-18)21-10-12-4-2-3-5-15(12)19/h2-9,11H,10,20H2,1H3,(H2,21,22,23,24). The zero-order valence-electron chi connectivity index (χ0n) is 13.7. The van der Waals surface area contributed by atoms with E-state index in [0.29, 0.717) is 28.9 Å². The molecule has 0 aliphatic heterocycles. The molecule has 2 aromatic carbocycles. The molecule has 0 atom stereocenters. The first-order valence-corrected chi connectivity index (χ1v) is 8.04. The number of hydrogen-bond acceptors (Lipinski definition) is 6. The Labute approximate surface area is 151 Å². The summed E-state index contributed by atoms with van der Waals surface area (Å²) in [6.07, 6.45) is 1.46. The summed E-state index contributed by atoms with van der Waals surface area (Å²) < 4.78 is 5.15. The second kappa shape index (κ2) is 7.72. The normalized spacial score (nSPS) is 10.3. The van der Waals surface area contributed by atoms with Crippen LogP contribution in [0.2, 0.25) is 5.02 Å². The summed E-state index contributed by atoms with van der Waals surface area (Å²) in [4.78, 5) is 8.41. The third-order valence-corrected chi connectivity index (χ3v) is 4.01. The molecule has 1 aromatic heterocycles. The summed E-state index contributed by atoms with van der Waals surface area (Å²) in [7, 11) is 1.63. The quantitative estimate of drug-likeness (QED) is 0.618. The number of nitrogens with zero attached hydrogens (tertiary/aromatic N) is 2. The number of nitrogens with one attached hydrogen (secondary N) is 2. The Kier molecular flexibility index (Phi) is 5.20. The fraction of sp³-hybridized carbons (Fsp3) is 0.111. The molecule has 0 spiro atoms. The molecule has 3 rings (SSSR count). The van der Waals surface area contributed by atoms with E-state index in [-0.39, 0.29) is 0 Å². The third kappa shape index (κ3) is 4.10. The maximum Gasteiger partial charge on any atom is 0.159 e. The summed E-state index contributed by atoms with van der Waals surface area (Å²) in [5, 5.41) is 7.06. The lowest BCUT2D eigenvalue weighted by molar-refractivity contribution is 0.415. The molecule has 0 saturated carbocycles. The highest BCUT2D eigenvalue weighted by atomic mass is 35.5. The minimum Gasteiger partial charge on any atom is -0.497 e. The van der Waals surface area contributed by atoms with E-state index >= 15 is 0 Å². The summed E-state index contributed by atoms with van der Waals surface area (Å²) in [6.45, 7) is 0.517. The van der Waals surface area contributed by atoms with Gasteiger partial charge in [-0.05, 0) is 35.9 Å². The van der Waals surface area contributed by atoms with Crippen LogP contribution in [-0.2, 0) is 6.54 Å². The molecular formula is C18H18ClN5O. The topological polar surface area (TPSA) is 85.1 Å². The van der Waals surface area contributed by atoms with Crippen LogP contribution >= 0.6 is 11.6 Å². The van der Waals surface area contributed by atoms with Crippen LogP contribution in [-0.4, -0.2) is 17.1 Å². The van der Waals surface area contributed by atoms with Gasteiger partial charge in [-0.3, -0.25) is 0 Å². The Bertz CT molecular complexity index is 854. The van der Waals surface area contributed by atoms with E-state index in [2.05, 4.69) is 20.6 Å². The molecule has 0 amide bonds. The Morgan fingerprint density at radius 1 is 1.04 bits per heavy atom. The lowest BCUT2D eigenvalue weighted by atomic mass is 10.2. The molecule has 3 aromatic rings. The lowest BCUT2D eigenvalue weighted by Gasteiger charge is -2.13. The van der Waals surface area contributed by atoms with Gasteiger partial charge in [0.1, 0.15) is 17.8 Å². The van der Waals surface area contributed by atoms with Crippen molar-refractivity contribution in [2.45, 2.75) is 6.54 Å². The number of aromatic nitrogens is 2. The predicted octanol–water partition coefficient (Wildman–Crippen LogP) is 4.08. The number of methoxy groups -OCH3 is 1. The van der Waals surface area contributed by atoms with Crippen LogP contribution in [0.25, 0.3) is 0 Å². The van der Waals surface area contributed by atoms with E-state index in [4.69, 9.17) is 22.1 Å². The largest absolute Gasteiger partial charge is 0.497 e. The summed E-state index contributed by atoms with van der Waals surface area (Å²) in [5.74, 6) is 1.86. The second-order valence-corrected chi connectivity index (χ2v) is 5.69. The molecule has 0 saturated heterocycles. The highest BCUT2D eigenvalue weighted by Crippen LogP contribution is 2.27. The fourth-order valence-corrected chi connectivity index (χ4v) is 2.47. The van der Waals surface area contributed by atoms with Gasteiger partial charge in [0.15, 0.2) is 11.6 Å². The van der Waals surface area contributed by atoms with Crippen molar-refractivity contribution in [3.63, 3.8) is 0 Å². The van der Waals surface area contributed by atoms with E-state index < -0.39 is 0 Å². The lowest BCUT2D eigenvalue weighted by Crippen LogP contribution is -2.08. The number of rotatable bonds is 6. The maximum atomic E-state index is 6.18. The zero-order chi connectivity index (χ0) is 17.6. The van der Waals surface area contributed by atoms with E-state index in [9.17, 15) is 0 Å². The minimum absolute atomic E-state index is 0.436. The van der Waals surface area contributed by atoms with Crippen molar-refractivity contribution in [2.24, 2.45) is 0 Å². The maximum absolute atomic E-state index is 6.18. The van der Waals surface area contributed by atoms with Gasteiger partial charge in [0.25, 0.3) is 0 Å². The van der Waals surface area contributed by atoms with Crippen LogP contribution in [0.4, 0.5) is 23.0 Å². The van der Waals surface area contributed by atoms with Crippen LogP contribution in [0.3, 0.4) is 0 Å². The first-order valence-electron chi connectivity index (χ1n) is 7.66. The van der Waals surface area contributed by atoms with Crippen LogP contribution in [0.1, 0.15) is 5.56 Å². The smallest absolute Gasteiger partial charge is 0.159 e. The van der Waals surface area contributed by atoms with Gasteiger partial charge in [-0.2, -0.15) is 0 Å². The van der Waals surface area contributed by atoms with E-state index in [0.717, 1.165) is 17.0 Å². The number of nitrogens with two attached hydrogens (primary N) is 1. The van der Waals surface area contributed by atoms with Gasteiger partial charge < -0.3 is 21.1 Å². The Morgan fingerprint density at radius 2 is 1.76 bits per heavy atom. The number of halogens is 1. The summed E-state index contributed by atoms with van der Waals surface area (Å²) in [5.41, 5.74) is 8.43. The molecule has 0 radical (unpaired) electrons. The molecule has 0 bridgehead atoms. The molecule has 0 aliphatic carbocycles. The van der Waals surface area contributed by atoms with Crippen molar-refractivity contribution in [3.05, 3.63) is 65.4 Å². The predicted molar refractivity (Wildman–Crippen MR) is 101 cm³/mol. The van der Waals surface area contributed by atoms with E-state index in [1.165, 1.54) is 6.33 Å². The molecule has 0 unspecified atom stereocenters. The minimum atomic E-state index is 0.436. The molecule has 0 aliphatic rings. The molecule has 6 nitrogen and oxygen atoms in total. The van der Waals surface area contributed by atoms with E-state index in [1.807, 2.05) is 48.5 Å². The van der Waals surface area contributed by atoms with Gasteiger partial charge in [-0.15, -0.1) is 0 Å². The Morgan fingerprint density at radius 3 is 2.48 bits per heavy atom. The van der Waals surface area contributed by atoms with Gasteiger partial charge in [0, 0.05) is 17.3 Å². The van der Waals surface area contributed by atoms with E-state index in [1.54, 1.807) is 7.11 Å². The van der Waals surface area contributed by atoms with Crippen molar-refractivity contribution in [1.82, 2.24) is 9.97 Å². The van der Waals surface area contributed by atoms with Gasteiger partial charge in [-0.1, -0.05) is 29.8 Å². The van der Waals surface area contributed by atoms with Crippen LogP contribution in [0.5, 0.6) is 5.75 Å². The van der Waals surface area contributed by atoms with Gasteiger partial charge in [0.2, 0.25) is 0 Å². The van der Waals surface area contributed by atoms with Crippen LogP contribution < -0.4 is 21.1 Å². The fourth-order valence-electron chi connectivity index (χ4n) is 2.27. The summed E-state index contributed by atoms with van der Waals surface area (Å²) >= 11 is 6.17. The zero-order valence-corrected chi connectivity index (χ0v) is 14.4. The van der Waals surface area contributed by atoms with Crippen molar-refractivity contribution in [1.29, 1.82) is 0 Å². The first kappa shape index (κ1) is 16.9. The number of hydrogen-bond donors (Lipinski definition) is 3. The Balaban J connectivity index is 1.74. The third-order valence-electron chi connectivity index (χ3n) is 3.64. The monoisotopic (exact) mass is 355 g/mol. The SMILES string of the molecule is COc1ccc(Nc2ncnc(NCc3ccccc3Cl)c2N)cc1. The molecule has 0 fully saturated rings. The molecule has 1 heterocycles. The number of nitrogen functional groups attached to an aromatic ring is 1. The average molecular weight is 356 g/mol. The highest BCUT2D eigenvalue weighted by Gasteiger charge is 2.09. The number of benzene rings is 2. The summed E-state index contributed by atoms with van der Waals surface area (Å²) in [6, 6.07) is 15.1. The molecule has 25 heavy (non-hydrogen) atoms. The van der Waals surface area contributed by atoms with Crippen molar-refractivity contribution >= 4 is 34.6 Å². The van der Waals surface area contributed by atoms with Crippen LogP contribution in [0, 0.1) is 0 Å². The Hall–Kier alpha value is -2.99. The average Bonchev–Trinajstić information content (AvgIpc) is 2.64. The second-order valence-electron chi connectivity index (χ2n) is 5.28. The van der Waals surface area contributed by atoms with Crippen molar-refractivity contribution in [3.8, 4) is 5.75 Å². The van der Waals surface area contributed by atoms with Gasteiger partial charge in [-0.25, -0.2) is 9.97 Å². The van der Waals surface area contributed by atoms with Crippen molar-refractivity contribution in [2.75, 3.05) is 23.5 Å². The number of anilines is 4. The first-order chi connectivity index (χ1) is 12.2. The number of ether oxygens (including phenoxy) is 1.